The number of fused-ring (bicyclic) bond motifs is 1. The molecule has 1 amide bonds. The van der Waals surface area contributed by atoms with Crippen LogP contribution in [0.4, 0.5) is 5.69 Å². The van der Waals surface area contributed by atoms with Crippen molar-refractivity contribution in [3.63, 3.8) is 0 Å². The lowest BCUT2D eigenvalue weighted by Crippen LogP contribution is -2.56. The van der Waals surface area contributed by atoms with Crippen molar-refractivity contribution >= 4 is 23.5 Å². The Balaban J connectivity index is 1.09. The number of piperidine rings is 1. The van der Waals surface area contributed by atoms with Gasteiger partial charge in [0.25, 0.3) is 0 Å². The zero-order valence-corrected chi connectivity index (χ0v) is 30.7. The molecule has 8 nitrogen and oxygen atoms in total. The second-order valence-corrected chi connectivity index (χ2v) is 14.5. The standard InChI is InChI=1S/C39H54N3O5S/c1-28(2)42(39(43)29(3)32-14-8-11-17-37(32)48-42)33-15-9-10-16-34(33)47-25-13-12-21-41-23-19-31(20-24-41)40(4)22-18-30-26-35(44-5)38(46-7)36(27-30)45-6/h8-11,14-17,26-29,31H,12-13,18-25H2,1-7H3/q+1. The van der Waals surface area contributed by atoms with Crippen LogP contribution in [0.1, 0.15) is 63.5 Å². The average molecular weight is 677 g/mol. The molecule has 0 aromatic heterocycles. The first-order valence-corrected chi connectivity index (χ1v) is 18.2. The van der Waals surface area contributed by atoms with E-state index in [4.69, 9.17) is 18.9 Å². The van der Waals surface area contributed by atoms with E-state index in [0.29, 0.717) is 29.9 Å². The van der Waals surface area contributed by atoms with E-state index in [1.165, 1.54) is 23.3 Å². The fraction of sp³-hybridized carbons (Fsp3) is 0.513. The van der Waals surface area contributed by atoms with Crippen LogP contribution < -0.4 is 22.8 Å². The number of benzene rings is 3. The average Bonchev–Trinajstić information content (AvgIpc) is 3.11. The van der Waals surface area contributed by atoms with Gasteiger partial charge in [0.1, 0.15) is 18.0 Å². The fourth-order valence-electron chi connectivity index (χ4n) is 7.17. The van der Waals surface area contributed by atoms with E-state index in [0.717, 1.165) is 62.4 Å². The molecule has 0 aliphatic carbocycles. The van der Waals surface area contributed by atoms with E-state index < -0.39 is 0 Å². The maximum atomic E-state index is 14.1. The summed E-state index contributed by atoms with van der Waals surface area (Å²) in [5, 5.41) is 0. The van der Waals surface area contributed by atoms with Crippen LogP contribution in [0.5, 0.6) is 23.0 Å². The number of amides is 1. The van der Waals surface area contributed by atoms with Gasteiger partial charge in [0.2, 0.25) is 5.75 Å². The Bertz CT molecular complexity index is 1500. The molecule has 2 unspecified atom stereocenters. The summed E-state index contributed by atoms with van der Waals surface area (Å²) in [5.74, 6) is 2.89. The first kappa shape index (κ1) is 36.1. The minimum absolute atomic E-state index is 0.0551. The van der Waals surface area contributed by atoms with Gasteiger partial charge in [0.15, 0.2) is 22.9 Å². The molecule has 2 aliphatic rings. The number of carbonyl (C=O) groups excluding carboxylic acids is 1. The third-order valence-electron chi connectivity index (χ3n) is 10.1. The minimum atomic E-state index is -0.177. The van der Waals surface area contributed by atoms with Gasteiger partial charge in [-0.3, -0.25) is 0 Å². The Hall–Kier alpha value is -3.24. The van der Waals surface area contributed by atoms with Crippen molar-refractivity contribution in [2.45, 2.75) is 75.8 Å². The predicted octanol–water partition coefficient (Wildman–Crippen LogP) is 7.58. The summed E-state index contributed by atoms with van der Waals surface area (Å²) in [4.78, 5) is 20.3. The van der Waals surface area contributed by atoms with Crippen LogP contribution in [0.15, 0.2) is 65.6 Å². The third kappa shape index (κ3) is 7.65. The number of rotatable bonds is 15. The summed E-state index contributed by atoms with van der Waals surface area (Å²) in [5.41, 5.74) is 3.24. The van der Waals surface area contributed by atoms with E-state index in [2.05, 4.69) is 67.1 Å². The number of likely N-dealkylation sites (N-methyl/N-ethyl adjacent to an activating group) is 1. The molecule has 260 valence electrons. The van der Waals surface area contributed by atoms with Gasteiger partial charge in [-0.1, -0.05) is 30.3 Å². The Morgan fingerprint density at radius 2 is 1.58 bits per heavy atom. The molecule has 0 saturated carbocycles. The number of likely N-dealkylation sites (tertiary alicyclic amines) is 1. The highest BCUT2D eigenvalue weighted by molar-refractivity contribution is 7.99. The molecule has 9 heteroatoms. The summed E-state index contributed by atoms with van der Waals surface area (Å²) in [6.07, 6.45) is 5.35. The Morgan fingerprint density at radius 3 is 2.25 bits per heavy atom. The lowest BCUT2D eigenvalue weighted by Gasteiger charge is -2.42. The van der Waals surface area contributed by atoms with Gasteiger partial charge in [-0.2, -0.15) is 3.89 Å². The van der Waals surface area contributed by atoms with Crippen LogP contribution >= 0.6 is 11.9 Å². The maximum absolute atomic E-state index is 14.1. The Labute approximate surface area is 292 Å². The van der Waals surface area contributed by atoms with Crippen LogP contribution in [-0.4, -0.2) is 89.0 Å². The molecule has 1 fully saturated rings. The van der Waals surface area contributed by atoms with Crippen LogP contribution in [0.25, 0.3) is 0 Å². The van der Waals surface area contributed by atoms with E-state index in [9.17, 15) is 4.79 Å². The lowest BCUT2D eigenvalue weighted by molar-refractivity contribution is -0.128. The number of quaternary nitrogens is 1. The Morgan fingerprint density at radius 1 is 0.917 bits per heavy atom. The first-order chi connectivity index (χ1) is 23.2. The molecule has 2 atom stereocenters. The van der Waals surface area contributed by atoms with Crippen LogP contribution in [0.3, 0.4) is 0 Å². The molecule has 0 N–H and O–H groups in total. The lowest BCUT2D eigenvalue weighted by atomic mass is 9.98. The summed E-state index contributed by atoms with van der Waals surface area (Å²) < 4.78 is 23.2. The van der Waals surface area contributed by atoms with Gasteiger partial charge in [0, 0.05) is 18.7 Å². The van der Waals surface area contributed by atoms with Crippen molar-refractivity contribution in [1.29, 1.82) is 0 Å². The number of carbonyl (C=O) groups is 1. The zero-order valence-electron chi connectivity index (χ0n) is 29.9. The van der Waals surface area contributed by atoms with Crippen molar-refractivity contribution < 1.29 is 23.7 Å². The fourth-order valence-corrected chi connectivity index (χ4v) is 8.68. The van der Waals surface area contributed by atoms with Crippen LogP contribution in [0, 0.1) is 0 Å². The summed E-state index contributed by atoms with van der Waals surface area (Å²) >= 11 is 1.65. The molecular weight excluding hydrogens is 623 g/mol. The summed E-state index contributed by atoms with van der Waals surface area (Å²) in [7, 11) is 7.20. The number of para-hydroxylation sites is 2. The number of unbranched alkanes of at least 4 members (excludes halogenated alkanes) is 1. The molecule has 5 rings (SSSR count). The van der Waals surface area contributed by atoms with Crippen molar-refractivity contribution in [2.24, 2.45) is 0 Å². The second kappa shape index (κ2) is 16.4. The maximum Gasteiger partial charge on any atom is 0.338 e. The molecule has 3 aromatic carbocycles. The highest BCUT2D eigenvalue weighted by atomic mass is 32.2. The molecule has 1 saturated heterocycles. The number of nitrogens with zero attached hydrogens (tertiary/aromatic N) is 3. The second-order valence-electron chi connectivity index (χ2n) is 13.3. The summed E-state index contributed by atoms with van der Waals surface area (Å²) in [6.45, 7) is 11.3. The van der Waals surface area contributed by atoms with Crippen molar-refractivity contribution in [3.05, 3.63) is 71.8 Å². The molecule has 2 heterocycles. The zero-order chi connectivity index (χ0) is 34.3. The smallest absolute Gasteiger partial charge is 0.338 e. The van der Waals surface area contributed by atoms with Crippen LogP contribution in [0.2, 0.25) is 0 Å². The van der Waals surface area contributed by atoms with E-state index in [1.54, 1.807) is 33.3 Å². The van der Waals surface area contributed by atoms with Gasteiger partial charge in [-0.05, 0) is 115 Å². The van der Waals surface area contributed by atoms with Gasteiger partial charge in [-0.15, -0.1) is 0 Å². The van der Waals surface area contributed by atoms with Gasteiger partial charge in [-0.25, -0.2) is 4.79 Å². The normalized spacial score (nSPS) is 20.2. The monoisotopic (exact) mass is 676 g/mol. The molecular formula is C39H54N3O5S+. The molecule has 0 radical (unpaired) electrons. The largest absolute Gasteiger partial charge is 0.493 e. The van der Waals surface area contributed by atoms with E-state index in [-0.39, 0.29) is 21.8 Å². The quantitative estimate of drug-likeness (QED) is 0.0928. The topological polar surface area (TPSA) is 60.5 Å². The van der Waals surface area contributed by atoms with Crippen LogP contribution in [-0.2, 0) is 11.2 Å². The number of methoxy groups -OCH3 is 3. The molecule has 2 aliphatic heterocycles. The van der Waals surface area contributed by atoms with Crippen molar-refractivity contribution in [2.75, 3.05) is 61.2 Å². The third-order valence-corrected chi connectivity index (χ3v) is 11.7. The van der Waals surface area contributed by atoms with Crippen molar-refractivity contribution in [1.82, 2.24) is 13.7 Å². The van der Waals surface area contributed by atoms with Gasteiger partial charge >= 0.3 is 5.91 Å². The highest BCUT2D eigenvalue weighted by Crippen LogP contribution is 2.52. The molecule has 0 spiro atoms. The van der Waals surface area contributed by atoms with Crippen molar-refractivity contribution in [3.8, 4) is 23.0 Å². The molecule has 3 aromatic rings. The highest BCUT2D eigenvalue weighted by Gasteiger charge is 2.53. The molecule has 0 bridgehead atoms. The van der Waals surface area contributed by atoms with E-state index >= 15 is 0 Å². The number of hydrogen-bond donors (Lipinski definition) is 0. The number of hydrogen-bond acceptors (Lipinski definition) is 8. The molecule has 48 heavy (non-hydrogen) atoms. The Kier molecular flexibility index (Phi) is 12.3. The number of ether oxygens (including phenoxy) is 4. The predicted molar refractivity (Wildman–Crippen MR) is 196 cm³/mol. The first-order valence-electron chi connectivity index (χ1n) is 17.4. The minimum Gasteiger partial charge on any atom is -0.493 e. The SMILES string of the molecule is COc1cc(CCN(C)C2CCN(CCCCOc3ccccc3[N+]3(C(C)C)Sc4ccccc4C(C)C3=O)CC2)cc(OC)c1OC. The van der Waals surface area contributed by atoms with Gasteiger partial charge < -0.3 is 28.7 Å². The van der Waals surface area contributed by atoms with E-state index in [1.807, 2.05) is 31.2 Å². The van der Waals surface area contributed by atoms with Gasteiger partial charge in [0.05, 0.1) is 38.7 Å². The summed E-state index contributed by atoms with van der Waals surface area (Å²) in [6, 6.07) is 21.2.